The topological polar surface area (TPSA) is 79.3 Å². The summed E-state index contributed by atoms with van der Waals surface area (Å²) in [6.07, 6.45) is 2.50. The number of benzene rings is 1. The Hall–Kier alpha value is -2.06. The van der Waals surface area contributed by atoms with Gasteiger partial charge in [0.1, 0.15) is 6.07 Å². The third kappa shape index (κ3) is 4.48. The van der Waals surface area contributed by atoms with E-state index in [1.54, 1.807) is 0 Å². The molecule has 24 heavy (non-hydrogen) atoms. The number of nitrogens with zero attached hydrogens (tertiary/aromatic N) is 2. The third-order valence-corrected chi connectivity index (χ3v) is 4.18. The van der Waals surface area contributed by atoms with Crippen molar-refractivity contribution >= 4 is 11.7 Å². The molecule has 2 rings (SSSR count). The van der Waals surface area contributed by atoms with Crippen LogP contribution in [0.1, 0.15) is 43.9 Å². The maximum absolute atomic E-state index is 11.5. The molecule has 1 heterocycles. The van der Waals surface area contributed by atoms with E-state index >= 15 is 0 Å². The van der Waals surface area contributed by atoms with Crippen molar-refractivity contribution < 1.29 is 9.53 Å². The van der Waals surface area contributed by atoms with Gasteiger partial charge in [-0.05, 0) is 43.4 Å². The first-order valence-corrected chi connectivity index (χ1v) is 8.65. The van der Waals surface area contributed by atoms with Crippen LogP contribution in [0.2, 0.25) is 0 Å². The van der Waals surface area contributed by atoms with Crippen LogP contribution in [0.15, 0.2) is 12.1 Å². The molecular weight excluding hydrogens is 302 g/mol. The number of carbonyl (C=O) groups is 1. The number of anilines is 1. The van der Waals surface area contributed by atoms with Crippen molar-refractivity contribution in [3.05, 3.63) is 28.8 Å². The van der Waals surface area contributed by atoms with E-state index in [2.05, 4.69) is 17.0 Å². The number of fused-ring (bicyclic) bond motifs is 1. The average molecular weight is 329 g/mol. The zero-order valence-corrected chi connectivity index (χ0v) is 14.8. The Bertz CT molecular complexity index is 632. The highest BCUT2D eigenvalue weighted by Gasteiger charge is 2.23. The number of nitriles is 1. The number of hydrogen-bond acceptors (Lipinski definition) is 5. The molecule has 1 aliphatic rings. The van der Waals surface area contributed by atoms with Crippen LogP contribution in [0.5, 0.6) is 0 Å². The molecular formula is C19H27N3O2. The lowest BCUT2D eigenvalue weighted by Gasteiger charge is -2.21. The van der Waals surface area contributed by atoms with Crippen molar-refractivity contribution in [3.63, 3.8) is 0 Å². The Labute approximate surface area is 144 Å². The van der Waals surface area contributed by atoms with Gasteiger partial charge in [0, 0.05) is 19.1 Å². The molecule has 0 aliphatic carbocycles. The molecule has 0 saturated heterocycles. The molecule has 0 bridgehead atoms. The van der Waals surface area contributed by atoms with Gasteiger partial charge in [0.25, 0.3) is 0 Å². The van der Waals surface area contributed by atoms with Crippen LogP contribution in [0, 0.1) is 17.2 Å². The largest absolute Gasteiger partial charge is 0.465 e. The number of hydrogen-bond donors (Lipinski definition) is 1. The molecule has 1 aromatic rings. The highest BCUT2D eigenvalue weighted by molar-refractivity contribution is 5.71. The van der Waals surface area contributed by atoms with Crippen molar-refractivity contribution in [1.82, 2.24) is 0 Å². The average Bonchev–Trinajstić information content (AvgIpc) is 2.92. The van der Waals surface area contributed by atoms with Gasteiger partial charge in [-0.3, -0.25) is 4.79 Å². The lowest BCUT2D eigenvalue weighted by molar-refractivity contribution is -0.147. The summed E-state index contributed by atoms with van der Waals surface area (Å²) >= 11 is 0. The molecule has 0 spiro atoms. The predicted octanol–water partition coefficient (Wildman–Crippen LogP) is 2.40. The number of rotatable bonds is 7. The monoisotopic (exact) mass is 329 g/mol. The van der Waals surface area contributed by atoms with Crippen molar-refractivity contribution in [2.45, 2.75) is 46.1 Å². The Morgan fingerprint density at radius 1 is 1.42 bits per heavy atom. The van der Waals surface area contributed by atoms with Crippen molar-refractivity contribution in [3.8, 4) is 6.07 Å². The fourth-order valence-electron chi connectivity index (χ4n) is 3.09. The molecule has 0 fully saturated rings. The lowest BCUT2D eigenvalue weighted by atomic mass is 9.99. The third-order valence-electron chi connectivity index (χ3n) is 4.18. The van der Waals surface area contributed by atoms with E-state index in [1.165, 1.54) is 5.56 Å². The van der Waals surface area contributed by atoms with Gasteiger partial charge < -0.3 is 15.4 Å². The van der Waals surface area contributed by atoms with E-state index in [9.17, 15) is 10.1 Å². The molecule has 0 amide bonds. The summed E-state index contributed by atoms with van der Waals surface area (Å²) in [5.74, 6) is -0.249. The second-order valence-corrected chi connectivity index (χ2v) is 6.86. The van der Waals surface area contributed by atoms with Crippen molar-refractivity contribution in [1.29, 1.82) is 5.26 Å². The van der Waals surface area contributed by atoms with Gasteiger partial charge in [-0.15, -0.1) is 0 Å². The summed E-state index contributed by atoms with van der Waals surface area (Å²) in [4.78, 5) is 13.7. The summed E-state index contributed by atoms with van der Waals surface area (Å²) in [7, 11) is 0. The summed E-state index contributed by atoms with van der Waals surface area (Å²) < 4.78 is 5.23. The van der Waals surface area contributed by atoms with E-state index in [1.807, 2.05) is 26.8 Å². The van der Waals surface area contributed by atoms with E-state index in [0.717, 1.165) is 49.2 Å². The highest BCUT2D eigenvalue weighted by atomic mass is 16.5. The first kappa shape index (κ1) is 18.3. The minimum absolute atomic E-state index is 0.0859. The summed E-state index contributed by atoms with van der Waals surface area (Å²) in [6.45, 7) is 7.76. The Morgan fingerprint density at radius 2 is 2.17 bits per heavy atom. The SMILES string of the molecule is CC(C)C(=O)OCCCN1CCc2cc(C[C@@H](C)N)cc(C#N)c21. The quantitative estimate of drug-likeness (QED) is 0.614. The van der Waals surface area contributed by atoms with E-state index in [0.29, 0.717) is 6.61 Å². The second kappa shape index (κ2) is 8.16. The van der Waals surface area contributed by atoms with E-state index < -0.39 is 0 Å². The normalized spacial score (nSPS) is 14.4. The maximum Gasteiger partial charge on any atom is 0.308 e. The molecule has 1 aliphatic heterocycles. The van der Waals surface area contributed by atoms with E-state index in [4.69, 9.17) is 10.5 Å². The molecule has 1 atom stereocenters. The minimum atomic E-state index is -0.157. The van der Waals surface area contributed by atoms with Crippen LogP contribution < -0.4 is 10.6 Å². The summed E-state index contributed by atoms with van der Waals surface area (Å²) in [6, 6.07) is 6.55. The minimum Gasteiger partial charge on any atom is -0.465 e. The highest BCUT2D eigenvalue weighted by Crippen LogP contribution is 2.33. The van der Waals surface area contributed by atoms with Gasteiger partial charge in [-0.25, -0.2) is 0 Å². The zero-order valence-electron chi connectivity index (χ0n) is 14.8. The Balaban J connectivity index is 2.01. The number of carbonyl (C=O) groups excluding carboxylic acids is 1. The van der Waals surface area contributed by atoms with Crippen molar-refractivity contribution in [2.24, 2.45) is 11.7 Å². The molecule has 0 radical (unpaired) electrons. The number of esters is 1. The molecule has 2 N–H and O–H groups in total. The van der Waals surface area contributed by atoms with Crippen LogP contribution in [0.25, 0.3) is 0 Å². The van der Waals surface area contributed by atoms with Gasteiger partial charge >= 0.3 is 5.97 Å². The maximum atomic E-state index is 11.5. The Kier molecular flexibility index (Phi) is 6.22. The van der Waals surface area contributed by atoms with Gasteiger partial charge in [-0.2, -0.15) is 5.26 Å². The fourth-order valence-corrected chi connectivity index (χ4v) is 3.09. The smallest absolute Gasteiger partial charge is 0.308 e. The first-order valence-electron chi connectivity index (χ1n) is 8.65. The molecule has 0 aromatic heterocycles. The molecule has 0 saturated carbocycles. The predicted molar refractivity (Wildman–Crippen MR) is 94.8 cm³/mol. The number of nitrogens with two attached hydrogens (primary N) is 1. The Morgan fingerprint density at radius 3 is 2.79 bits per heavy atom. The van der Waals surface area contributed by atoms with Crippen LogP contribution in [-0.4, -0.2) is 31.7 Å². The standard InChI is InChI=1S/C19H27N3O2/c1-13(2)19(23)24-8-4-6-22-7-5-16-10-15(9-14(3)21)11-17(12-20)18(16)22/h10-11,13-14H,4-9,21H2,1-3H3/t14-/m1/s1. The molecule has 0 unspecified atom stereocenters. The number of ether oxygens (including phenoxy) is 1. The van der Waals surface area contributed by atoms with Gasteiger partial charge in [0.2, 0.25) is 0 Å². The van der Waals surface area contributed by atoms with E-state index in [-0.39, 0.29) is 17.9 Å². The zero-order chi connectivity index (χ0) is 17.7. The summed E-state index contributed by atoms with van der Waals surface area (Å²) in [5.41, 5.74) is 10.0. The van der Waals surface area contributed by atoms with Gasteiger partial charge in [0.05, 0.1) is 23.8 Å². The van der Waals surface area contributed by atoms with Gasteiger partial charge in [0.15, 0.2) is 0 Å². The van der Waals surface area contributed by atoms with Crippen LogP contribution in [0.4, 0.5) is 5.69 Å². The second-order valence-electron chi connectivity index (χ2n) is 6.86. The molecule has 5 heteroatoms. The molecule has 1 aromatic carbocycles. The van der Waals surface area contributed by atoms with Crippen molar-refractivity contribution in [2.75, 3.05) is 24.6 Å². The van der Waals surface area contributed by atoms with Crippen LogP contribution in [0.3, 0.4) is 0 Å². The summed E-state index contributed by atoms with van der Waals surface area (Å²) in [5, 5.41) is 9.51. The van der Waals surface area contributed by atoms with Crippen LogP contribution in [-0.2, 0) is 22.4 Å². The lowest BCUT2D eigenvalue weighted by Crippen LogP contribution is -2.24. The molecule has 5 nitrogen and oxygen atoms in total. The molecule has 130 valence electrons. The van der Waals surface area contributed by atoms with Gasteiger partial charge in [-0.1, -0.05) is 19.9 Å². The van der Waals surface area contributed by atoms with Crippen LogP contribution >= 0.6 is 0 Å². The first-order chi connectivity index (χ1) is 11.4. The fraction of sp³-hybridized carbons (Fsp3) is 0.579.